The SMILES string of the molecule is CCNC(=NCC1C2Cc3ccccc3C12)N1CCC(OCC2CCCCO2)CC1.I. The van der Waals surface area contributed by atoms with Crippen molar-refractivity contribution in [2.45, 2.75) is 63.6 Å². The first-order valence-corrected chi connectivity index (χ1v) is 12.2. The topological polar surface area (TPSA) is 46.1 Å². The number of ether oxygens (including phenoxy) is 2. The molecule has 2 aliphatic carbocycles. The minimum absolute atomic E-state index is 0. The van der Waals surface area contributed by atoms with Crippen LogP contribution in [0.15, 0.2) is 29.3 Å². The quantitative estimate of drug-likeness (QED) is 0.335. The number of halogens is 1. The second-order valence-corrected chi connectivity index (χ2v) is 9.46. The van der Waals surface area contributed by atoms with Gasteiger partial charge >= 0.3 is 0 Å². The van der Waals surface area contributed by atoms with Crippen LogP contribution < -0.4 is 5.32 Å². The third-order valence-corrected chi connectivity index (χ3v) is 7.52. The Labute approximate surface area is 204 Å². The number of aliphatic imine (C=N–C) groups is 1. The van der Waals surface area contributed by atoms with Crippen molar-refractivity contribution in [3.05, 3.63) is 35.4 Å². The van der Waals surface area contributed by atoms with E-state index in [1.165, 1.54) is 19.3 Å². The summed E-state index contributed by atoms with van der Waals surface area (Å²) >= 11 is 0. The highest BCUT2D eigenvalue weighted by Crippen LogP contribution is 2.61. The fourth-order valence-electron chi connectivity index (χ4n) is 5.77. The fourth-order valence-corrected chi connectivity index (χ4v) is 5.77. The van der Waals surface area contributed by atoms with Crippen LogP contribution in [0.4, 0.5) is 0 Å². The van der Waals surface area contributed by atoms with Crippen LogP contribution in [0.1, 0.15) is 56.1 Å². The van der Waals surface area contributed by atoms with Crippen LogP contribution in [-0.2, 0) is 15.9 Å². The van der Waals surface area contributed by atoms with Gasteiger partial charge in [0.1, 0.15) is 0 Å². The standard InChI is InChI=1S/C25H37N3O2.HI/c1-2-26-25(27-16-23-22-15-18-7-3-4-9-21(18)24(22)23)28-12-10-19(11-13-28)30-17-20-8-5-6-14-29-20;/h3-4,7,9,19-20,22-24H,2,5-6,8,10-17H2,1H3,(H,26,27);1H. The Morgan fingerprint density at radius 1 is 1.19 bits per heavy atom. The molecule has 4 atom stereocenters. The lowest BCUT2D eigenvalue weighted by Crippen LogP contribution is -2.47. The normalized spacial score (nSPS) is 30.4. The van der Waals surface area contributed by atoms with Crippen molar-refractivity contribution in [3.63, 3.8) is 0 Å². The van der Waals surface area contributed by atoms with Crippen LogP contribution in [0.25, 0.3) is 0 Å². The van der Waals surface area contributed by atoms with Crippen LogP contribution in [0.2, 0.25) is 0 Å². The van der Waals surface area contributed by atoms with Gasteiger partial charge in [-0.15, -0.1) is 24.0 Å². The van der Waals surface area contributed by atoms with E-state index in [4.69, 9.17) is 14.5 Å². The highest BCUT2D eigenvalue weighted by Gasteiger charge is 2.55. The maximum Gasteiger partial charge on any atom is 0.193 e. The molecule has 4 unspecified atom stereocenters. The number of benzene rings is 1. The van der Waals surface area contributed by atoms with Gasteiger partial charge in [-0.3, -0.25) is 4.99 Å². The second kappa shape index (κ2) is 10.8. The number of guanidine groups is 1. The Bertz CT molecular complexity index is 744. The van der Waals surface area contributed by atoms with Crippen molar-refractivity contribution in [2.24, 2.45) is 16.8 Å². The van der Waals surface area contributed by atoms with E-state index in [0.29, 0.717) is 12.2 Å². The van der Waals surface area contributed by atoms with E-state index in [0.717, 1.165) is 82.4 Å². The number of fused-ring (bicyclic) bond motifs is 3. The van der Waals surface area contributed by atoms with Crippen LogP contribution in [0, 0.1) is 11.8 Å². The molecule has 0 radical (unpaired) electrons. The molecule has 4 aliphatic rings. The number of likely N-dealkylation sites (tertiary alicyclic amines) is 1. The molecule has 6 heteroatoms. The molecule has 5 rings (SSSR count). The average molecular weight is 540 g/mol. The Balaban J connectivity index is 0.00000231. The molecule has 1 aromatic rings. The molecular formula is C25H38IN3O2. The maximum absolute atomic E-state index is 6.19. The predicted molar refractivity (Wildman–Crippen MR) is 135 cm³/mol. The van der Waals surface area contributed by atoms with Gasteiger partial charge in [0.25, 0.3) is 0 Å². The zero-order valence-electron chi connectivity index (χ0n) is 18.8. The van der Waals surface area contributed by atoms with Gasteiger partial charge in [0, 0.05) is 32.8 Å². The van der Waals surface area contributed by atoms with Crippen LogP contribution in [-0.4, -0.2) is 62.5 Å². The summed E-state index contributed by atoms with van der Waals surface area (Å²) < 4.78 is 12.0. The Kier molecular flexibility index (Phi) is 8.15. The van der Waals surface area contributed by atoms with Crippen molar-refractivity contribution < 1.29 is 9.47 Å². The Hall–Kier alpha value is -0.860. The lowest BCUT2D eigenvalue weighted by Gasteiger charge is -2.35. The first-order valence-electron chi connectivity index (χ1n) is 12.2. The molecule has 1 N–H and O–H groups in total. The first-order chi connectivity index (χ1) is 14.8. The fraction of sp³-hybridized carbons (Fsp3) is 0.720. The van der Waals surface area contributed by atoms with E-state index >= 15 is 0 Å². The highest BCUT2D eigenvalue weighted by molar-refractivity contribution is 14.0. The van der Waals surface area contributed by atoms with Gasteiger partial charge in [-0.05, 0) is 74.3 Å². The van der Waals surface area contributed by atoms with E-state index < -0.39 is 0 Å². The molecule has 3 fully saturated rings. The number of hydrogen-bond acceptors (Lipinski definition) is 3. The minimum Gasteiger partial charge on any atom is -0.376 e. The summed E-state index contributed by atoms with van der Waals surface area (Å²) in [6, 6.07) is 9.00. The first kappa shape index (κ1) is 23.3. The second-order valence-electron chi connectivity index (χ2n) is 9.46. The van der Waals surface area contributed by atoms with Gasteiger partial charge in [0.15, 0.2) is 5.96 Å². The van der Waals surface area contributed by atoms with Crippen LogP contribution in [0.3, 0.4) is 0 Å². The van der Waals surface area contributed by atoms with E-state index in [1.807, 2.05) is 0 Å². The summed E-state index contributed by atoms with van der Waals surface area (Å²) in [5.41, 5.74) is 3.16. The van der Waals surface area contributed by atoms with Crippen molar-refractivity contribution in [1.29, 1.82) is 0 Å². The zero-order chi connectivity index (χ0) is 20.3. The molecule has 0 bridgehead atoms. The summed E-state index contributed by atoms with van der Waals surface area (Å²) in [6.07, 6.45) is 7.75. The molecular weight excluding hydrogens is 501 g/mol. The van der Waals surface area contributed by atoms with Crippen molar-refractivity contribution >= 4 is 29.9 Å². The van der Waals surface area contributed by atoms with Gasteiger partial charge in [-0.2, -0.15) is 0 Å². The lowest BCUT2D eigenvalue weighted by atomic mass is 10.0. The van der Waals surface area contributed by atoms with Gasteiger partial charge in [0.05, 0.1) is 18.8 Å². The molecule has 5 nitrogen and oxygen atoms in total. The molecule has 0 amide bonds. The number of rotatable bonds is 6. The zero-order valence-corrected chi connectivity index (χ0v) is 21.1. The Morgan fingerprint density at radius 2 is 2.03 bits per heavy atom. The van der Waals surface area contributed by atoms with Crippen molar-refractivity contribution in [3.8, 4) is 0 Å². The molecule has 1 aromatic carbocycles. The van der Waals surface area contributed by atoms with E-state index in [-0.39, 0.29) is 24.0 Å². The van der Waals surface area contributed by atoms with E-state index in [2.05, 4.69) is 41.4 Å². The smallest absolute Gasteiger partial charge is 0.193 e. The number of piperidine rings is 1. The summed E-state index contributed by atoms with van der Waals surface area (Å²) in [5, 5.41) is 3.53. The van der Waals surface area contributed by atoms with Crippen LogP contribution >= 0.6 is 24.0 Å². The lowest BCUT2D eigenvalue weighted by molar-refractivity contribution is -0.0721. The van der Waals surface area contributed by atoms with Gasteiger partial charge in [0.2, 0.25) is 0 Å². The van der Waals surface area contributed by atoms with Gasteiger partial charge in [-0.1, -0.05) is 24.3 Å². The number of nitrogens with zero attached hydrogens (tertiary/aromatic N) is 2. The number of nitrogens with one attached hydrogen (secondary N) is 1. The third-order valence-electron chi connectivity index (χ3n) is 7.52. The number of hydrogen-bond donors (Lipinski definition) is 1. The van der Waals surface area contributed by atoms with Crippen molar-refractivity contribution in [1.82, 2.24) is 10.2 Å². The molecule has 2 aliphatic heterocycles. The van der Waals surface area contributed by atoms with E-state index in [1.54, 1.807) is 11.1 Å². The predicted octanol–water partition coefficient (Wildman–Crippen LogP) is 4.21. The summed E-state index contributed by atoms with van der Waals surface area (Å²) in [6.45, 7) is 7.78. The summed E-state index contributed by atoms with van der Waals surface area (Å²) in [5.74, 6) is 3.43. The summed E-state index contributed by atoms with van der Waals surface area (Å²) in [4.78, 5) is 7.51. The van der Waals surface area contributed by atoms with Crippen LogP contribution in [0.5, 0.6) is 0 Å². The minimum atomic E-state index is 0. The van der Waals surface area contributed by atoms with E-state index in [9.17, 15) is 0 Å². The monoisotopic (exact) mass is 539 g/mol. The maximum atomic E-state index is 6.19. The Morgan fingerprint density at radius 3 is 2.81 bits per heavy atom. The molecule has 1 saturated carbocycles. The van der Waals surface area contributed by atoms with Crippen molar-refractivity contribution in [2.75, 3.05) is 39.4 Å². The highest BCUT2D eigenvalue weighted by atomic mass is 127. The van der Waals surface area contributed by atoms with Gasteiger partial charge < -0.3 is 19.7 Å². The van der Waals surface area contributed by atoms with Gasteiger partial charge in [-0.25, -0.2) is 0 Å². The molecule has 0 aromatic heterocycles. The summed E-state index contributed by atoms with van der Waals surface area (Å²) in [7, 11) is 0. The molecule has 31 heavy (non-hydrogen) atoms. The molecule has 0 spiro atoms. The molecule has 2 heterocycles. The third kappa shape index (κ3) is 5.38. The molecule has 2 saturated heterocycles. The largest absolute Gasteiger partial charge is 0.376 e. The average Bonchev–Trinajstić information content (AvgIpc) is 3.33. The molecule has 172 valence electrons.